The van der Waals surface area contributed by atoms with E-state index in [-0.39, 0.29) is 4.90 Å². The van der Waals surface area contributed by atoms with Crippen LogP contribution in [0.5, 0.6) is 0 Å². The van der Waals surface area contributed by atoms with Crippen molar-refractivity contribution in [2.45, 2.75) is 48.6 Å². The highest BCUT2D eigenvalue weighted by molar-refractivity contribution is 7.89. The van der Waals surface area contributed by atoms with E-state index >= 15 is 0 Å². The zero-order valence-electron chi connectivity index (χ0n) is 21.9. The molecule has 2 saturated heterocycles. The molecule has 6 N–H and O–H groups in total. The Labute approximate surface area is 229 Å². The molecular formula is C29H35N7O2S. The molecule has 3 heterocycles. The van der Waals surface area contributed by atoms with E-state index in [1.807, 2.05) is 24.3 Å². The van der Waals surface area contributed by atoms with Gasteiger partial charge in [-0.15, -0.1) is 5.11 Å². The van der Waals surface area contributed by atoms with Gasteiger partial charge in [-0.25, -0.2) is 19.1 Å². The minimum atomic E-state index is -4.12. The molecule has 0 bridgehead atoms. The molecule has 0 aliphatic carbocycles. The van der Waals surface area contributed by atoms with Crippen LogP contribution in [0.4, 0.5) is 0 Å². The van der Waals surface area contributed by atoms with Crippen LogP contribution in [0.15, 0.2) is 75.9 Å². The lowest BCUT2D eigenvalue weighted by Gasteiger charge is -2.24. The molecule has 3 aliphatic rings. The molecule has 0 amide bonds. The van der Waals surface area contributed by atoms with Crippen LogP contribution in [-0.4, -0.2) is 34.6 Å². The standard InChI is InChI=1S/C29H35N7O2S/c30-39(37,38)28-26(24-7-3-20(4-8-24)22-13-17-32-18-14-22)10-9-25(27(28)29-33-35-36-34-29)23-5-1-19(2-6-23)21-11-15-31-16-12-21/h1-10,21-22,29,31-32H,11-18H2,(H,33,36)(H,34,35)(H2,30,37,38). The van der Waals surface area contributed by atoms with Gasteiger partial charge in [0.2, 0.25) is 10.0 Å². The predicted molar refractivity (Wildman–Crippen MR) is 152 cm³/mol. The van der Waals surface area contributed by atoms with Crippen molar-refractivity contribution in [2.75, 3.05) is 26.2 Å². The Kier molecular flexibility index (Phi) is 7.46. The van der Waals surface area contributed by atoms with Gasteiger partial charge in [0.15, 0.2) is 6.17 Å². The number of hydrazine groups is 1. The Morgan fingerprint density at radius 2 is 1.18 bits per heavy atom. The Balaban J connectivity index is 1.43. The van der Waals surface area contributed by atoms with Gasteiger partial charge in [0.05, 0.1) is 4.90 Å². The number of hydrogen-bond donors (Lipinski definition) is 5. The average molecular weight is 546 g/mol. The van der Waals surface area contributed by atoms with E-state index in [9.17, 15) is 8.42 Å². The lowest BCUT2D eigenvalue weighted by molar-refractivity contribution is 0.460. The fourth-order valence-corrected chi connectivity index (χ4v) is 7.19. The first-order chi connectivity index (χ1) is 19.0. The molecule has 0 saturated carbocycles. The van der Waals surface area contributed by atoms with Gasteiger partial charge >= 0.3 is 0 Å². The van der Waals surface area contributed by atoms with Gasteiger partial charge < -0.3 is 10.6 Å². The van der Waals surface area contributed by atoms with Crippen molar-refractivity contribution in [3.63, 3.8) is 0 Å². The number of hydrogen-bond acceptors (Lipinski definition) is 8. The summed E-state index contributed by atoms with van der Waals surface area (Å²) in [5.41, 5.74) is 11.7. The third-order valence-corrected chi connectivity index (χ3v) is 9.25. The maximum Gasteiger partial charge on any atom is 0.239 e. The van der Waals surface area contributed by atoms with E-state index in [1.54, 1.807) is 0 Å². The SMILES string of the molecule is NS(=O)(=O)c1c(-c2ccc(C3CCNCC3)cc2)ccc(-c2ccc(C3CCNCC3)cc2)c1C1N=NNN1. The molecule has 1 atom stereocenters. The Hall–Kier alpha value is -3.15. The Bertz CT molecular complexity index is 1440. The Morgan fingerprint density at radius 1 is 0.692 bits per heavy atom. The minimum absolute atomic E-state index is 0.0668. The summed E-state index contributed by atoms with van der Waals surface area (Å²) in [6.07, 6.45) is 3.73. The number of nitrogens with two attached hydrogens (primary N) is 1. The summed E-state index contributed by atoms with van der Waals surface area (Å²) >= 11 is 0. The smallest absolute Gasteiger partial charge is 0.239 e. The normalized spacial score (nSPS) is 20.7. The highest BCUT2D eigenvalue weighted by Crippen LogP contribution is 2.41. The van der Waals surface area contributed by atoms with Crippen LogP contribution in [0, 0.1) is 0 Å². The highest BCUT2D eigenvalue weighted by Gasteiger charge is 2.30. The van der Waals surface area contributed by atoms with Gasteiger partial charge in [-0.1, -0.05) is 65.9 Å². The molecule has 0 spiro atoms. The van der Waals surface area contributed by atoms with Gasteiger partial charge in [0, 0.05) is 11.1 Å². The summed E-state index contributed by atoms with van der Waals surface area (Å²) in [5, 5.41) is 20.8. The fourth-order valence-electron chi connectivity index (χ4n) is 6.17. The fraction of sp³-hybridized carbons (Fsp3) is 0.379. The van der Waals surface area contributed by atoms with E-state index in [1.165, 1.54) is 11.1 Å². The molecule has 39 heavy (non-hydrogen) atoms. The topological polar surface area (TPSA) is 133 Å². The van der Waals surface area contributed by atoms with E-state index in [0.29, 0.717) is 23.0 Å². The number of nitrogens with zero attached hydrogens (tertiary/aromatic N) is 2. The molecule has 10 heteroatoms. The molecule has 0 radical (unpaired) electrons. The second-order valence-corrected chi connectivity index (χ2v) is 12.1. The summed E-state index contributed by atoms with van der Waals surface area (Å²) in [6.45, 7) is 4.09. The van der Waals surface area contributed by atoms with Gasteiger partial charge in [-0.05, 0) is 91.5 Å². The van der Waals surface area contributed by atoms with Gasteiger partial charge in [0.25, 0.3) is 0 Å². The average Bonchev–Trinajstić information content (AvgIpc) is 3.52. The maximum atomic E-state index is 13.2. The molecule has 9 nitrogen and oxygen atoms in total. The van der Waals surface area contributed by atoms with E-state index in [4.69, 9.17) is 5.14 Å². The molecule has 3 aromatic carbocycles. The quantitative estimate of drug-likeness (QED) is 0.317. The zero-order valence-corrected chi connectivity index (χ0v) is 22.7. The predicted octanol–water partition coefficient (Wildman–Crippen LogP) is 4.08. The zero-order chi connectivity index (χ0) is 26.8. The molecule has 3 aromatic rings. The number of nitrogens with one attached hydrogen (secondary N) is 4. The largest absolute Gasteiger partial charge is 0.317 e. The van der Waals surface area contributed by atoms with E-state index in [0.717, 1.165) is 68.6 Å². The van der Waals surface area contributed by atoms with Crippen molar-refractivity contribution in [3.8, 4) is 22.3 Å². The summed E-state index contributed by atoms with van der Waals surface area (Å²) in [4.78, 5) is 0.0668. The van der Waals surface area contributed by atoms with Crippen LogP contribution < -0.4 is 26.7 Å². The van der Waals surface area contributed by atoms with Crippen LogP contribution >= 0.6 is 0 Å². The lowest BCUT2D eigenvalue weighted by Crippen LogP contribution is -2.27. The van der Waals surface area contributed by atoms with Gasteiger partial charge in [-0.2, -0.15) is 5.43 Å². The summed E-state index contributed by atoms with van der Waals surface area (Å²) < 4.78 is 26.4. The van der Waals surface area contributed by atoms with Crippen molar-refractivity contribution in [2.24, 2.45) is 15.5 Å². The van der Waals surface area contributed by atoms with Gasteiger partial charge in [0.1, 0.15) is 0 Å². The Morgan fingerprint density at radius 3 is 1.64 bits per heavy atom. The monoisotopic (exact) mass is 545 g/mol. The second-order valence-electron chi connectivity index (χ2n) is 10.6. The van der Waals surface area contributed by atoms with Crippen molar-refractivity contribution in [3.05, 3.63) is 77.4 Å². The molecule has 0 aromatic heterocycles. The van der Waals surface area contributed by atoms with Crippen molar-refractivity contribution < 1.29 is 8.42 Å². The van der Waals surface area contributed by atoms with E-state index < -0.39 is 16.2 Å². The third-order valence-electron chi connectivity index (χ3n) is 8.24. The minimum Gasteiger partial charge on any atom is -0.317 e. The molecule has 204 valence electrons. The maximum absolute atomic E-state index is 13.2. The molecule has 2 fully saturated rings. The first-order valence-electron chi connectivity index (χ1n) is 13.7. The highest BCUT2D eigenvalue weighted by atomic mass is 32.2. The van der Waals surface area contributed by atoms with Crippen LogP contribution in [0.3, 0.4) is 0 Å². The first kappa shape index (κ1) is 26.1. The van der Waals surface area contributed by atoms with Crippen LogP contribution in [0.1, 0.15) is 60.4 Å². The number of benzene rings is 3. The van der Waals surface area contributed by atoms with Crippen LogP contribution in [-0.2, 0) is 10.0 Å². The first-order valence-corrected chi connectivity index (χ1v) is 15.3. The third kappa shape index (κ3) is 5.48. The van der Waals surface area contributed by atoms with Crippen molar-refractivity contribution in [1.29, 1.82) is 0 Å². The number of primary sulfonamides is 1. The molecule has 1 unspecified atom stereocenters. The van der Waals surface area contributed by atoms with Crippen molar-refractivity contribution in [1.82, 2.24) is 21.6 Å². The number of rotatable bonds is 6. The van der Waals surface area contributed by atoms with Crippen molar-refractivity contribution >= 4 is 10.0 Å². The summed E-state index contributed by atoms with van der Waals surface area (Å²) in [6, 6.07) is 20.5. The second kappa shape index (κ2) is 11.1. The number of sulfonamides is 1. The molecule has 3 aliphatic heterocycles. The molecular weight excluding hydrogens is 510 g/mol. The van der Waals surface area contributed by atoms with Crippen LogP contribution in [0.25, 0.3) is 22.3 Å². The number of piperidine rings is 2. The van der Waals surface area contributed by atoms with Crippen LogP contribution in [0.2, 0.25) is 0 Å². The van der Waals surface area contributed by atoms with E-state index in [2.05, 4.69) is 68.3 Å². The summed E-state index contributed by atoms with van der Waals surface area (Å²) in [5.74, 6) is 1.04. The van der Waals surface area contributed by atoms with Gasteiger partial charge in [-0.3, -0.25) is 0 Å². The summed E-state index contributed by atoms with van der Waals surface area (Å²) in [7, 11) is -4.12. The molecule has 6 rings (SSSR count). The lowest BCUT2D eigenvalue weighted by atomic mass is 9.87.